The van der Waals surface area contributed by atoms with E-state index in [0.29, 0.717) is 12.6 Å². The Morgan fingerprint density at radius 2 is 2.15 bits per heavy atom. The highest BCUT2D eigenvalue weighted by Crippen LogP contribution is 2.42. The Bertz CT molecular complexity index is 476. The van der Waals surface area contributed by atoms with Crippen LogP contribution in [0.3, 0.4) is 0 Å². The maximum atomic E-state index is 12.3. The molecule has 0 aromatic carbocycles. The van der Waals surface area contributed by atoms with Crippen molar-refractivity contribution in [1.29, 1.82) is 0 Å². The Kier molecular flexibility index (Phi) is 3.68. The Morgan fingerprint density at radius 3 is 2.65 bits per heavy atom. The van der Waals surface area contributed by atoms with Gasteiger partial charge in [-0.2, -0.15) is 5.10 Å². The summed E-state index contributed by atoms with van der Waals surface area (Å²) >= 11 is 0. The first kappa shape index (κ1) is 13.5. The van der Waals surface area contributed by atoms with Crippen molar-refractivity contribution in [1.82, 2.24) is 20.0 Å². The van der Waals surface area contributed by atoms with Gasteiger partial charge in [0.25, 0.3) is 0 Å². The maximum absolute atomic E-state index is 12.3. The van der Waals surface area contributed by atoms with Crippen molar-refractivity contribution >= 4 is 6.03 Å². The SMILES string of the molecule is CN(Cc1ccn(C)n1)C(=O)NC(C1CCC1)C1CC1. The summed E-state index contributed by atoms with van der Waals surface area (Å²) in [6.45, 7) is 0.564. The second kappa shape index (κ2) is 5.46. The number of aromatic nitrogens is 2. The lowest BCUT2D eigenvalue weighted by Gasteiger charge is -2.35. The summed E-state index contributed by atoms with van der Waals surface area (Å²) in [6, 6.07) is 2.40. The first-order valence-corrected chi connectivity index (χ1v) is 7.63. The standard InChI is InChI=1S/C15H24N4O/c1-18(10-13-8-9-19(2)17-13)15(20)16-14(12-6-7-12)11-4-3-5-11/h8-9,11-12,14H,3-7,10H2,1-2H3,(H,16,20). The normalized spacial score (nSPS) is 20.3. The van der Waals surface area contributed by atoms with Gasteiger partial charge in [-0.3, -0.25) is 4.68 Å². The van der Waals surface area contributed by atoms with E-state index in [-0.39, 0.29) is 6.03 Å². The Labute approximate surface area is 120 Å². The van der Waals surface area contributed by atoms with E-state index in [9.17, 15) is 4.79 Å². The molecule has 1 aromatic heterocycles. The third kappa shape index (κ3) is 2.97. The fraction of sp³-hybridized carbons (Fsp3) is 0.733. The van der Waals surface area contributed by atoms with Gasteiger partial charge in [0.15, 0.2) is 0 Å². The van der Waals surface area contributed by atoms with Crippen LogP contribution in [0, 0.1) is 11.8 Å². The highest BCUT2D eigenvalue weighted by Gasteiger charge is 2.40. The van der Waals surface area contributed by atoms with Crippen molar-refractivity contribution in [3.63, 3.8) is 0 Å². The minimum absolute atomic E-state index is 0.0412. The molecule has 2 fully saturated rings. The number of nitrogens with one attached hydrogen (secondary N) is 1. The molecule has 0 aliphatic heterocycles. The second-order valence-corrected chi connectivity index (χ2v) is 6.34. The van der Waals surface area contributed by atoms with Crippen LogP contribution < -0.4 is 5.32 Å². The Balaban J connectivity index is 1.54. The molecule has 3 rings (SSSR count). The van der Waals surface area contributed by atoms with Crippen LogP contribution in [0.15, 0.2) is 12.3 Å². The third-order valence-electron chi connectivity index (χ3n) is 4.59. The molecular weight excluding hydrogens is 252 g/mol. The molecular formula is C15H24N4O. The minimum Gasteiger partial charge on any atom is -0.335 e. The van der Waals surface area contributed by atoms with Gasteiger partial charge < -0.3 is 10.2 Å². The predicted octanol–water partition coefficient (Wildman–Crippen LogP) is 2.14. The van der Waals surface area contributed by atoms with E-state index in [0.717, 1.165) is 17.5 Å². The van der Waals surface area contributed by atoms with E-state index in [1.807, 2.05) is 26.4 Å². The molecule has 0 saturated heterocycles. The highest BCUT2D eigenvalue weighted by molar-refractivity contribution is 5.74. The molecule has 2 amide bonds. The van der Waals surface area contributed by atoms with Crippen LogP contribution in [0.1, 0.15) is 37.8 Å². The van der Waals surface area contributed by atoms with Crippen molar-refractivity contribution in [2.45, 2.75) is 44.7 Å². The van der Waals surface area contributed by atoms with Crippen molar-refractivity contribution in [2.24, 2.45) is 18.9 Å². The number of hydrogen-bond donors (Lipinski definition) is 1. The molecule has 0 spiro atoms. The van der Waals surface area contributed by atoms with Crippen LogP contribution in [0.4, 0.5) is 4.79 Å². The van der Waals surface area contributed by atoms with E-state index in [2.05, 4.69) is 10.4 Å². The van der Waals surface area contributed by atoms with E-state index < -0.39 is 0 Å². The van der Waals surface area contributed by atoms with Gasteiger partial charge >= 0.3 is 6.03 Å². The first-order chi connectivity index (χ1) is 9.63. The number of nitrogens with zero attached hydrogens (tertiary/aromatic N) is 3. The van der Waals surface area contributed by atoms with E-state index >= 15 is 0 Å². The molecule has 20 heavy (non-hydrogen) atoms. The molecule has 1 atom stereocenters. The predicted molar refractivity (Wildman–Crippen MR) is 77.1 cm³/mol. The van der Waals surface area contributed by atoms with Gasteiger partial charge in [0.1, 0.15) is 0 Å². The molecule has 110 valence electrons. The van der Waals surface area contributed by atoms with E-state index in [4.69, 9.17) is 0 Å². The summed E-state index contributed by atoms with van der Waals surface area (Å²) in [5.74, 6) is 1.45. The number of aryl methyl sites for hydroxylation is 1. The number of urea groups is 1. The van der Waals surface area contributed by atoms with Crippen molar-refractivity contribution in [3.05, 3.63) is 18.0 Å². The summed E-state index contributed by atoms with van der Waals surface area (Å²) in [5.41, 5.74) is 0.928. The van der Waals surface area contributed by atoms with E-state index in [1.165, 1.54) is 32.1 Å². The number of carbonyl (C=O) groups excluding carboxylic acids is 1. The van der Waals surface area contributed by atoms with Gasteiger partial charge in [-0.25, -0.2) is 4.79 Å². The van der Waals surface area contributed by atoms with Crippen molar-refractivity contribution in [2.75, 3.05) is 7.05 Å². The maximum Gasteiger partial charge on any atom is 0.317 e. The fourth-order valence-corrected chi connectivity index (χ4v) is 2.99. The average molecular weight is 276 g/mol. The molecule has 0 bridgehead atoms. The lowest BCUT2D eigenvalue weighted by molar-refractivity contribution is 0.173. The van der Waals surface area contributed by atoms with Crippen LogP contribution in [0.25, 0.3) is 0 Å². The molecule has 1 N–H and O–H groups in total. The molecule has 1 unspecified atom stereocenters. The van der Waals surface area contributed by atoms with Gasteiger partial charge in [-0.05, 0) is 43.6 Å². The lowest BCUT2D eigenvalue weighted by Crippen LogP contribution is -2.48. The largest absolute Gasteiger partial charge is 0.335 e. The smallest absolute Gasteiger partial charge is 0.317 e. The van der Waals surface area contributed by atoms with Gasteiger partial charge in [0.05, 0.1) is 12.2 Å². The summed E-state index contributed by atoms with van der Waals surface area (Å²) < 4.78 is 1.77. The van der Waals surface area contributed by atoms with Gasteiger partial charge in [-0.15, -0.1) is 0 Å². The second-order valence-electron chi connectivity index (χ2n) is 6.34. The quantitative estimate of drug-likeness (QED) is 0.895. The van der Waals surface area contributed by atoms with Crippen LogP contribution in [0.2, 0.25) is 0 Å². The molecule has 2 saturated carbocycles. The van der Waals surface area contributed by atoms with Crippen LogP contribution >= 0.6 is 0 Å². The number of hydrogen-bond acceptors (Lipinski definition) is 2. The number of carbonyl (C=O) groups is 1. The van der Waals surface area contributed by atoms with Crippen LogP contribution in [-0.2, 0) is 13.6 Å². The van der Waals surface area contributed by atoms with Crippen molar-refractivity contribution in [3.8, 4) is 0 Å². The van der Waals surface area contributed by atoms with Gasteiger partial charge in [0, 0.05) is 26.3 Å². The van der Waals surface area contributed by atoms with Crippen molar-refractivity contribution < 1.29 is 4.79 Å². The topological polar surface area (TPSA) is 50.2 Å². The molecule has 1 aromatic rings. The number of rotatable bonds is 5. The summed E-state index contributed by atoms with van der Waals surface area (Å²) in [6.07, 6.45) is 8.36. The molecule has 5 heteroatoms. The average Bonchev–Trinajstić information content (AvgIpc) is 3.10. The summed E-state index contributed by atoms with van der Waals surface area (Å²) in [7, 11) is 3.73. The zero-order valence-electron chi connectivity index (χ0n) is 12.4. The van der Waals surface area contributed by atoms with Gasteiger partial charge in [0.2, 0.25) is 0 Å². The third-order valence-corrected chi connectivity index (χ3v) is 4.59. The van der Waals surface area contributed by atoms with E-state index in [1.54, 1.807) is 9.58 Å². The molecule has 2 aliphatic carbocycles. The lowest BCUT2D eigenvalue weighted by atomic mass is 9.78. The Morgan fingerprint density at radius 1 is 1.45 bits per heavy atom. The monoisotopic (exact) mass is 276 g/mol. The summed E-state index contributed by atoms with van der Waals surface area (Å²) in [5, 5.41) is 7.58. The Hall–Kier alpha value is -1.52. The van der Waals surface area contributed by atoms with Crippen LogP contribution in [-0.4, -0.2) is 33.8 Å². The number of amides is 2. The summed E-state index contributed by atoms with van der Waals surface area (Å²) in [4.78, 5) is 14.1. The first-order valence-electron chi connectivity index (χ1n) is 7.63. The zero-order valence-corrected chi connectivity index (χ0v) is 12.4. The van der Waals surface area contributed by atoms with Gasteiger partial charge in [-0.1, -0.05) is 6.42 Å². The minimum atomic E-state index is 0.0412. The molecule has 1 heterocycles. The molecule has 2 aliphatic rings. The van der Waals surface area contributed by atoms with Crippen LogP contribution in [0.5, 0.6) is 0 Å². The highest BCUT2D eigenvalue weighted by atomic mass is 16.2. The molecule has 5 nitrogen and oxygen atoms in total. The molecule has 0 radical (unpaired) electrons. The fourth-order valence-electron chi connectivity index (χ4n) is 2.99. The zero-order chi connectivity index (χ0) is 14.1.